The topological polar surface area (TPSA) is 67.6 Å². The van der Waals surface area contributed by atoms with Gasteiger partial charge in [0.2, 0.25) is 5.91 Å². The number of amides is 1. The van der Waals surface area contributed by atoms with Gasteiger partial charge >= 0.3 is 0 Å². The van der Waals surface area contributed by atoms with Crippen LogP contribution in [-0.4, -0.2) is 55.2 Å². The second-order valence-electron chi connectivity index (χ2n) is 6.21. The van der Waals surface area contributed by atoms with Gasteiger partial charge in [-0.1, -0.05) is 12.2 Å². The maximum absolute atomic E-state index is 12.6. The fraction of sp³-hybridized carbons (Fsp3) is 0.857. The van der Waals surface area contributed by atoms with Crippen LogP contribution in [0.1, 0.15) is 32.1 Å². The molecule has 114 valence electrons. The van der Waals surface area contributed by atoms with Crippen molar-refractivity contribution < 1.29 is 9.53 Å². The Morgan fingerprint density at radius 1 is 1.30 bits per heavy atom. The van der Waals surface area contributed by atoms with E-state index in [1.807, 2.05) is 0 Å². The van der Waals surface area contributed by atoms with Gasteiger partial charge in [0.05, 0.1) is 4.99 Å². The quantitative estimate of drug-likeness (QED) is 0.730. The van der Waals surface area contributed by atoms with Gasteiger partial charge in [-0.15, -0.1) is 0 Å². The molecule has 1 saturated heterocycles. The van der Waals surface area contributed by atoms with Crippen LogP contribution in [0.2, 0.25) is 0 Å². The number of rotatable bonds is 5. The van der Waals surface area contributed by atoms with E-state index in [-0.39, 0.29) is 11.4 Å². The zero-order chi connectivity index (χ0) is 14.8. The molecule has 0 aromatic heterocycles. The Labute approximate surface area is 126 Å². The Morgan fingerprint density at radius 3 is 2.30 bits per heavy atom. The van der Waals surface area contributed by atoms with Crippen LogP contribution < -0.4 is 11.1 Å². The maximum Gasteiger partial charge on any atom is 0.233 e. The van der Waals surface area contributed by atoms with Crippen molar-refractivity contribution in [1.82, 2.24) is 10.2 Å². The Hall–Kier alpha value is -0.720. The molecule has 6 heteroatoms. The number of carbonyl (C=O) groups excluding carboxylic acids is 1. The van der Waals surface area contributed by atoms with Crippen LogP contribution in [0.4, 0.5) is 0 Å². The molecular weight excluding hydrogens is 274 g/mol. The van der Waals surface area contributed by atoms with Crippen molar-refractivity contribution in [2.24, 2.45) is 11.1 Å². The fourth-order valence-electron chi connectivity index (χ4n) is 3.09. The second-order valence-corrected chi connectivity index (χ2v) is 6.65. The molecule has 0 bridgehead atoms. The van der Waals surface area contributed by atoms with Crippen LogP contribution >= 0.6 is 12.2 Å². The highest BCUT2D eigenvalue weighted by molar-refractivity contribution is 7.80. The van der Waals surface area contributed by atoms with Gasteiger partial charge in [-0.05, 0) is 46.2 Å². The Morgan fingerprint density at radius 2 is 1.90 bits per heavy atom. The standard InChI is InChI=1S/C14H25N3O2S/c1-17(2)13(4-3-5-13)10-16-12(18)14(11(15)20)6-8-19-9-7-14/h3-10H2,1-2H3,(H2,15,20)(H,16,18). The predicted octanol–water partition coefficient (Wildman–Crippen LogP) is 0.670. The van der Waals surface area contributed by atoms with Gasteiger partial charge in [0.1, 0.15) is 5.41 Å². The van der Waals surface area contributed by atoms with Gasteiger partial charge in [0, 0.05) is 25.3 Å². The molecular formula is C14H25N3O2S. The van der Waals surface area contributed by atoms with Gasteiger partial charge in [-0.2, -0.15) is 0 Å². The first kappa shape index (κ1) is 15.7. The summed E-state index contributed by atoms with van der Waals surface area (Å²) in [6.45, 7) is 1.76. The molecule has 1 aliphatic heterocycles. The first-order valence-electron chi connectivity index (χ1n) is 7.26. The van der Waals surface area contributed by atoms with E-state index >= 15 is 0 Å². The number of thiocarbonyl (C=S) groups is 1. The fourth-order valence-corrected chi connectivity index (χ4v) is 3.38. The molecule has 5 nitrogen and oxygen atoms in total. The van der Waals surface area contributed by atoms with Crippen LogP contribution in [0.15, 0.2) is 0 Å². The molecule has 2 rings (SSSR count). The Kier molecular flexibility index (Phi) is 4.66. The van der Waals surface area contributed by atoms with Crippen molar-refractivity contribution in [1.29, 1.82) is 0 Å². The molecule has 0 unspecified atom stereocenters. The third-order valence-corrected chi connectivity index (χ3v) is 5.45. The number of nitrogens with zero attached hydrogens (tertiary/aromatic N) is 1. The molecule has 0 radical (unpaired) electrons. The maximum atomic E-state index is 12.6. The molecule has 0 aromatic rings. The molecule has 2 aliphatic rings. The van der Waals surface area contributed by atoms with E-state index < -0.39 is 5.41 Å². The summed E-state index contributed by atoms with van der Waals surface area (Å²) >= 11 is 5.16. The SMILES string of the molecule is CN(C)C1(CNC(=O)C2(C(N)=S)CCOCC2)CCC1. The summed E-state index contributed by atoms with van der Waals surface area (Å²) in [7, 11) is 4.15. The van der Waals surface area contributed by atoms with E-state index in [4.69, 9.17) is 22.7 Å². The molecule has 1 heterocycles. The molecule has 1 amide bonds. The average Bonchev–Trinajstić information content (AvgIpc) is 2.37. The Bertz CT molecular complexity index is 388. The van der Waals surface area contributed by atoms with Crippen molar-refractivity contribution in [3.63, 3.8) is 0 Å². The normalized spacial score (nSPS) is 23.9. The summed E-state index contributed by atoms with van der Waals surface area (Å²) in [5.41, 5.74) is 5.25. The minimum absolute atomic E-state index is 0.0265. The van der Waals surface area contributed by atoms with E-state index in [9.17, 15) is 4.79 Å². The van der Waals surface area contributed by atoms with Crippen molar-refractivity contribution in [3.05, 3.63) is 0 Å². The highest BCUT2D eigenvalue weighted by Gasteiger charge is 2.45. The lowest BCUT2D eigenvalue weighted by atomic mass is 9.74. The first-order chi connectivity index (χ1) is 9.43. The third kappa shape index (κ3) is 2.69. The highest BCUT2D eigenvalue weighted by atomic mass is 32.1. The summed E-state index contributed by atoms with van der Waals surface area (Å²) in [5, 5.41) is 3.10. The van der Waals surface area contributed by atoms with Crippen LogP contribution in [0.3, 0.4) is 0 Å². The number of hydrogen-bond acceptors (Lipinski definition) is 4. The number of carbonyl (C=O) groups is 1. The molecule has 20 heavy (non-hydrogen) atoms. The van der Waals surface area contributed by atoms with Crippen LogP contribution in [0.25, 0.3) is 0 Å². The smallest absolute Gasteiger partial charge is 0.233 e. The third-order valence-electron chi connectivity index (χ3n) is 5.06. The van der Waals surface area contributed by atoms with Gasteiger partial charge in [-0.3, -0.25) is 4.79 Å². The highest BCUT2D eigenvalue weighted by Crippen LogP contribution is 2.36. The van der Waals surface area contributed by atoms with Gasteiger partial charge in [-0.25, -0.2) is 0 Å². The molecule has 2 fully saturated rings. The summed E-state index contributed by atoms with van der Waals surface area (Å²) in [6, 6.07) is 0. The van der Waals surface area contributed by atoms with Crippen molar-refractivity contribution in [2.45, 2.75) is 37.6 Å². The lowest BCUT2D eigenvalue weighted by Gasteiger charge is -2.48. The number of hydrogen-bond donors (Lipinski definition) is 2. The van der Waals surface area contributed by atoms with Gasteiger partial charge < -0.3 is 20.7 Å². The zero-order valence-electron chi connectivity index (χ0n) is 12.4. The van der Waals surface area contributed by atoms with Crippen LogP contribution in [0.5, 0.6) is 0 Å². The number of nitrogens with one attached hydrogen (secondary N) is 1. The molecule has 1 saturated carbocycles. The summed E-state index contributed by atoms with van der Waals surface area (Å²) in [4.78, 5) is 15.1. The predicted molar refractivity (Wildman–Crippen MR) is 82.6 cm³/mol. The summed E-state index contributed by atoms with van der Waals surface area (Å²) in [5.74, 6) is -0.0265. The molecule has 0 atom stereocenters. The minimum Gasteiger partial charge on any atom is -0.392 e. The molecule has 3 N–H and O–H groups in total. The second kappa shape index (κ2) is 5.95. The van der Waals surface area contributed by atoms with E-state index in [0.29, 0.717) is 37.6 Å². The minimum atomic E-state index is -0.717. The van der Waals surface area contributed by atoms with E-state index in [1.54, 1.807) is 0 Å². The number of likely N-dealkylation sites (N-methyl/N-ethyl adjacent to an activating group) is 1. The average molecular weight is 299 g/mol. The lowest BCUT2D eigenvalue weighted by Crippen LogP contribution is -2.60. The summed E-state index contributed by atoms with van der Waals surface area (Å²) in [6.07, 6.45) is 4.65. The first-order valence-corrected chi connectivity index (χ1v) is 7.67. The number of ether oxygens (including phenoxy) is 1. The number of nitrogens with two attached hydrogens (primary N) is 1. The summed E-state index contributed by atoms with van der Waals surface area (Å²) < 4.78 is 5.34. The van der Waals surface area contributed by atoms with Crippen LogP contribution in [-0.2, 0) is 9.53 Å². The van der Waals surface area contributed by atoms with E-state index in [2.05, 4.69) is 24.3 Å². The van der Waals surface area contributed by atoms with Crippen LogP contribution in [0, 0.1) is 5.41 Å². The largest absolute Gasteiger partial charge is 0.392 e. The van der Waals surface area contributed by atoms with Gasteiger partial charge in [0.25, 0.3) is 0 Å². The van der Waals surface area contributed by atoms with Crippen molar-refractivity contribution in [2.75, 3.05) is 33.9 Å². The van der Waals surface area contributed by atoms with Crippen molar-refractivity contribution >= 4 is 23.1 Å². The van der Waals surface area contributed by atoms with Gasteiger partial charge in [0.15, 0.2) is 0 Å². The lowest BCUT2D eigenvalue weighted by molar-refractivity contribution is -0.132. The zero-order valence-corrected chi connectivity index (χ0v) is 13.2. The monoisotopic (exact) mass is 299 g/mol. The molecule has 0 aromatic carbocycles. The van der Waals surface area contributed by atoms with Crippen molar-refractivity contribution in [3.8, 4) is 0 Å². The van der Waals surface area contributed by atoms with E-state index in [1.165, 1.54) is 6.42 Å². The van der Waals surface area contributed by atoms with E-state index in [0.717, 1.165) is 12.8 Å². The Balaban J connectivity index is 2.01. The molecule has 0 spiro atoms. The molecule has 1 aliphatic carbocycles.